The number of benzene rings is 2. The molecule has 0 spiro atoms. The summed E-state index contributed by atoms with van der Waals surface area (Å²) < 4.78 is 43.9. The van der Waals surface area contributed by atoms with Crippen LogP contribution in [0.5, 0.6) is 5.75 Å². The van der Waals surface area contributed by atoms with Crippen LogP contribution in [0.2, 0.25) is 5.02 Å². The molecule has 0 radical (unpaired) electrons. The molecule has 5 nitrogen and oxygen atoms in total. The van der Waals surface area contributed by atoms with Crippen LogP contribution in [0.4, 0.5) is 4.39 Å². The number of rotatable bonds is 5. The highest BCUT2D eigenvalue weighted by Gasteiger charge is 2.16. The third kappa shape index (κ3) is 4.56. The lowest BCUT2D eigenvalue weighted by Crippen LogP contribution is -2.29. The Morgan fingerprint density at radius 1 is 1.25 bits per heavy atom. The predicted molar refractivity (Wildman–Crippen MR) is 89.8 cm³/mol. The molecule has 0 saturated heterocycles. The number of carbonyl (C=O) groups is 1. The first-order valence-corrected chi connectivity index (χ1v) is 8.58. The molecule has 0 aliphatic rings. The molecule has 0 fully saturated rings. The molecule has 8 heteroatoms. The van der Waals surface area contributed by atoms with Gasteiger partial charge in [-0.2, -0.15) is 0 Å². The summed E-state index contributed by atoms with van der Waals surface area (Å²) in [5, 5.41) is 0.650. The van der Waals surface area contributed by atoms with Gasteiger partial charge in [0.2, 0.25) is 0 Å². The van der Waals surface area contributed by atoms with Gasteiger partial charge in [0.1, 0.15) is 11.6 Å². The van der Waals surface area contributed by atoms with E-state index < -0.39 is 21.7 Å². The molecular formula is C16H13ClFNO4S. The Labute approximate surface area is 143 Å². The molecule has 1 N–H and O–H groups in total. The van der Waals surface area contributed by atoms with E-state index in [1.807, 2.05) is 4.72 Å². The van der Waals surface area contributed by atoms with E-state index in [4.69, 9.17) is 16.3 Å². The maximum Gasteiger partial charge on any atom is 0.266 e. The molecule has 0 bridgehead atoms. The zero-order valence-electron chi connectivity index (χ0n) is 12.5. The average Bonchev–Trinajstić information content (AvgIpc) is 2.52. The van der Waals surface area contributed by atoms with Crippen molar-refractivity contribution in [2.45, 2.75) is 0 Å². The number of hydrogen-bond acceptors (Lipinski definition) is 4. The highest BCUT2D eigenvalue weighted by molar-refractivity contribution is 7.93. The summed E-state index contributed by atoms with van der Waals surface area (Å²) in [6.45, 7) is 0. The minimum Gasteiger partial charge on any atom is -0.496 e. The fraction of sp³-hybridized carbons (Fsp3) is 0.0625. The van der Waals surface area contributed by atoms with Gasteiger partial charge in [0.15, 0.2) is 0 Å². The Morgan fingerprint density at radius 2 is 1.96 bits per heavy atom. The number of carbonyl (C=O) groups excluding carboxylic acids is 1. The number of methoxy groups -OCH3 is 1. The quantitative estimate of drug-likeness (QED) is 0.878. The minimum atomic E-state index is -4.07. The molecule has 2 aromatic carbocycles. The average molecular weight is 370 g/mol. The van der Waals surface area contributed by atoms with Crippen molar-refractivity contribution in [3.05, 3.63) is 69.8 Å². The largest absolute Gasteiger partial charge is 0.496 e. The number of para-hydroxylation sites is 1. The Bertz CT molecular complexity index is 897. The standard InChI is InChI=1S/C16H13ClFNO4S/c1-23-15-5-3-2-4-11(15)8-9-24(21,22)19-16(20)13-7-6-12(18)10-14(13)17/h2-10H,1H3,(H,19,20). The molecule has 0 aromatic heterocycles. The van der Waals surface area contributed by atoms with Gasteiger partial charge in [-0.25, -0.2) is 17.5 Å². The molecule has 24 heavy (non-hydrogen) atoms. The Morgan fingerprint density at radius 3 is 2.62 bits per heavy atom. The van der Waals surface area contributed by atoms with Crippen molar-refractivity contribution in [2.75, 3.05) is 7.11 Å². The smallest absolute Gasteiger partial charge is 0.266 e. The van der Waals surface area contributed by atoms with Crippen LogP contribution >= 0.6 is 11.6 Å². The van der Waals surface area contributed by atoms with Crippen molar-refractivity contribution in [2.24, 2.45) is 0 Å². The second-order valence-corrected chi connectivity index (χ2v) is 6.62. The van der Waals surface area contributed by atoms with E-state index in [2.05, 4.69) is 0 Å². The lowest BCUT2D eigenvalue weighted by Gasteiger charge is -2.06. The predicted octanol–water partition coefficient (Wildman–Crippen LogP) is 3.22. The van der Waals surface area contributed by atoms with Gasteiger partial charge >= 0.3 is 0 Å². The van der Waals surface area contributed by atoms with Gasteiger partial charge in [-0.05, 0) is 30.3 Å². The second-order valence-electron chi connectivity index (χ2n) is 4.65. The van der Waals surface area contributed by atoms with E-state index in [0.717, 1.165) is 23.6 Å². The van der Waals surface area contributed by atoms with Gasteiger partial charge in [0.25, 0.3) is 15.9 Å². The van der Waals surface area contributed by atoms with Crippen LogP contribution in [-0.4, -0.2) is 21.4 Å². The van der Waals surface area contributed by atoms with Gasteiger partial charge < -0.3 is 4.74 Å². The maximum absolute atomic E-state index is 13.0. The van der Waals surface area contributed by atoms with Gasteiger partial charge in [0.05, 0.1) is 23.1 Å². The van der Waals surface area contributed by atoms with E-state index in [9.17, 15) is 17.6 Å². The van der Waals surface area contributed by atoms with E-state index in [0.29, 0.717) is 11.3 Å². The topological polar surface area (TPSA) is 72.5 Å². The third-order valence-electron chi connectivity index (χ3n) is 2.98. The maximum atomic E-state index is 13.0. The number of hydrogen-bond donors (Lipinski definition) is 1. The number of halogens is 2. The molecule has 0 atom stereocenters. The van der Waals surface area contributed by atoms with Crippen molar-refractivity contribution >= 4 is 33.6 Å². The fourth-order valence-electron chi connectivity index (χ4n) is 1.86. The van der Waals surface area contributed by atoms with Crippen molar-refractivity contribution < 1.29 is 22.3 Å². The first kappa shape index (κ1) is 18.0. The zero-order chi connectivity index (χ0) is 17.7. The van der Waals surface area contributed by atoms with E-state index >= 15 is 0 Å². The SMILES string of the molecule is COc1ccccc1C=CS(=O)(=O)NC(=O)c1ccc(F)cc1Cl. The first-order valence-electron chi connectivity index (χ1n) is 6.66. The molecule has 1 amide bonds. The molecular weight excluding hydrogens is 357 g/mol. The summed E-state index contributed by atoms with van der Waals surface area (Å²) in [6.07, 6.45) is 1.29. The normalized spacial score (nSPS) is 11.5. The molecule has 126 valence electrons. The van der Waals surface area contributed by atoms with Crippen LogP contribution in [0.3, 0.4) is 0 Å². The summed E-state index contributed by atoms with van der Waals surface area (Å²) in [7, 11) is -2.61. The molecule has 0 unspecified atom stereocenters. The number of sulfonamides is 1. The number of nitrogens with one attached hydrogen (secondary N) is 1. The van der Waals surface area contributed by atoms with E-state index in [-0.39, 0.29) is 10.6 Å². The van der Waals surface area contributed by atoms with Gasteiger partial charge in [0, 0.05) is 5.56 Å². The van der Waals surface area contributed by atoms with Crippen LogP contribution in [-0.2, 0) is 10.0 Å². The van der Waals surface area contributed by atoms with Crippen molar-refractivity contribution in [1.82, 2.24) is 4.72 Å². The monoisotopic (exact) mass is 369 g/mol. The van der Waals surface area contributed by atoms with E-state index in [1.54, 1.807) is 24.3 Å². The Balaban J connectivity index is 2.19. The highest BCUT2D eigenvalue weighted by atomic mass is 35.5. The minimum absolute atomic E-state index is 0.146. The van der Waals surface area contributed by atoms with Crippen LogP contribution in [0.25, 0.3) is 6.08 Å². The summed E-state index contributed by atoms with van der Waals surface area (Å²) in [6, 6.07) is 9.82. The van der Waals surface area contributed by atoms with Gasteiger partial charge in [-0.15, -0.1) is 0 Å². The van der Waals surface area contributed by atoms with Crippen LogP contribution < -0.4 is 9.46 Å². The molecule has 0 saturated carbocycles. The van der Waals surface area contributed by atoms with Crippen LogP contribution in [0.1, 0.15) is 15.9 Å². The van der Waals surface area contributed by atoms with Gasteiger partial charge in [-0.1, -0.05) is 29.8 Å². The highest BCUT2D eigenvalue weighted by Crippen LogP contribution is 2.20. The lowest BCUT2D eigenvalue weighted by atomic mass is 10.2. The summed E-state index contributed by atoms with van der Waals surface area (Å²) >= 11 is 5.74. The second kappa shape index (κ2) is 7.46. The molecule has 0 aliphatic carbocycles. The van der Waals surface area contributed by atoms with Crippen molar-refractivity contribution in [1.29, 1.82) is 0 Å². The molecule has 0 aliphatic heterocycles. The van der Waals surface area contributed by atoms with E-state index in [1.165, 1.54) is 13.2 Å². The molecule has 2 rings (SSSR count). The Kier molecular flexibility index (Phi) is 5.58. The lowest BCUT2D eigenvalue weighted by molar-refractivity contribution is 0.0982. The van der Waals surface area contributed by atoms with Crippen molar-refractivity contribution in [3.8, 4) is 5.75 Å². The van der Waals surface area contributed by atoms with Crippen LogP contribution in [0, 0.1) is 5.82 Å². The van der Waals surface area contributed by atoms with Crippen molar-refractivity contribution in [3.63, 3.8) is 0 Å². The summed E-state index contributed by atoms with van der Waals surface area (Å²) in [5.74, 6) is -1.10. The Hall–Kier alpha value is -2.38. The van der Waals surface area contributed by atoms with Gasteiger partial charge in [-0.3, -0.25) is 4.79 Å². The molecule has 0 heterocycles. The fourth-order valence-corrected chi connectivity index (χ4v) is 2.87. The zero-order valence-corrected chi connectivity index (χ0v) is 14.1. The summed E-state index contributed by atoms with van der Waals surface area (Å²) in [5.41, 5.74) is 0.380. The van der Waals surface area contributed by atoms with Crippen LogP contribution in [0.15, 0.2) is 47.9 Å². The summed E-state index contributed by atoms with van der Waals surface area (Å²) in [4.78, 5) is 12.0. The third-order valence-corrected chi connectivity index (χ3v) is 4.25. The first-order chi connectivity index (χ1) is 11.3. The number of amides is 1. The number of ether oxygens (including phenoxy) is 1. The molecule has 2 aromatic rings.